The van der Waals surface area contributed by atoms with E-state index in [1.165, 1.54) is 0 Å². The highest BCUT2D eigenvalue weighted by Gasteiger charge is 2.22. The zero-order valence-electron chi connectivity index (χ0n) is 17.6. The quantitative estimate of drug-likeness (QED) is 0.449. The second-order valence-corrected chi connectivity index (χ2v) is 7.68. The Hall–Kier alpha value is -3.20. The van der Waals surface area contributed by atoms with Crippen molar-refractivity contribution in [3.63, 3.8) is 0 Å². The van der Waals surface area contributed by atoms with Crippen molar-refractivity contribution < 1.29 is 9.18 Å². The van der Waals surface area contributed by atoms with E-state index in [1.807, 2.05) is 50.6 Å². The highest BCUT2D eigenvalue weighted by Crippen LogP contribution is 2.29. The van der Waals surface area contributed by atoms with Gasteiger partial charge in [0, 0.05) is 24.0 Å². The first-order valence-corrected chi connectivity index (χ1v) is 9.96. The molecular weight excluding hydrogens is 385 g/mol. The van der Waals surface area contributed by atoms with Gasteiger partial charge < -0.3 is 22.1 Å². The summed E-state index contributed by atoms with van der Waals surface area (Å²) in [7, 11) is 0. The molecule has 0 aliphatic heterocycles. The average Bonchev–Trinajstić information content (AvgIpc) is 3.11. The minimum absolute atomic E-state index is 0.00919. The average molecular weight is 414 g/mol. The molecule has 0 saturated heterocycles. The summed E-state index contributed by atoms with van der Waals surface area (Å²) in [6.45, 7) is 8.54. The Morgan fingerprint density at radius 1 is 1.27 bits per heavy atom. The maximum Gasteiger partial charge on any atom is 0.252 e. The lowest BCUT2D eigenvalue weighted by Gasteiger charge is -2.27. The van der Waals surface area contributed by atoms with Crippen LogP contribution >= 0.6 is 0 Å². The summed E-state index contributed by atoms with van der Waals surface area (Å²) in [5.41, 5.74) is 13.1. The van der Waals surface area contributed by atoms with Crippen molar-refractivity contribution in [1.29, 1.82) is 0 Å². The van der Waals surface area contributed by atoms with Crippen LogP contribution in [0, 0.1) is 11.7 Å². The molecule has 1 amide bonds. The number of anilines is 3. The molecule has 3 rings (SSSR count). The third-order valence-electron chi connectivity index (χ3n) is 5.07. The summed E-state index contributed by atoms with van der Waals surface area (Å²) in [5.74, 6) is -1.13. The Labute approximate surface area is 174 Å². The lowest BCUT2D eigenvalue weighted by Crippen LogP contribution is -2.42. The van der Waals surface area contributed by atoms with Gasteiger partial charge in [0.25, 0.3) is 5.91 Å². The Bertz CT molecular complexity index is 1050. The predicted octanol–water partition coefficient (Wildman–Crippen LogP) is 3.22. The van der Waals surface area contributed by atoms with Crippen LogP contribution in [0.4, 0.5) is 21.7 Å². The van der Waals surface area contributed by atoms with Crippen LogP contribution < -0.4 is 22.1 Å². The van der Waals surface area contributed by atoms with E-state index in [0.717, 1.165) is 23.5 Å². The zero-order valence-corrected chi connectivity index (χ0v) is 17.6. The number of nitrogens with two attached hydrogens (primary N) is 2. The number of carbonyl (C=O) groups is 1. The van der Waals surface area contributed by atoms with Gasteiger partial charge in [-0.3, -0.25) is 9.48 Å². The smallest absolute Gasteiger partial charge is 0.252 e. The van der Waals surface area contributed by atoms with E-state index < -0.39 is 11.7 Å². The summed E-state index contributed by atoms with van der Waals surface area (Å²) >= 11 is 0. The van der Waals surface area contributed by atoms with Gasteiger partial charge in [-0.2, -0.15) is 5.10 Å². The van der Waals surface area contributed by atoms with Crippen LogP contribution in [-0.4, -0.2) is 32.8 Å². The van der Waals surface area contributed by atoms with Gasteiger partial charge in [-0.05, 0) is 38.0 Å². The molecule has 0 unspecified atom stereocenters. The second kappa shape index (κ2) is 8.66. The number of pyridine rings is 1. The molecule has 3 aromatic rings. The third kappa shape index (κ3) is 4.20. The lowest BCUT2D eigenvalue weighted by molar-refractivity contribution is 0.100. The number of rotatable bonds is 8. The Kier molecular flexibility index (Phi) is 6.21. The lowest BCUT2D eigenvalue weighted by atomic mass is 9.98. The molecule has 2 aromatic heterocycles. The maximum absolute atomic E-state index is 14.7. The number of hydrogen-bond donors (Lipinski definition) is 4. The number of primary amides is 1. The van der Waals surface area contributed by atoms with E-state index in [9.17, 15) is 9.18 Å². The monoisotopic (exact) mass is 413 g/mol. The van der Waals surface area contributed by atoms with Crippen molar-refractivity contribution in [1.82, 2.24) is 14.8 Å². The number of carbonyl (C=O) groups excluding carboxylic acids is 1. The first kappa shape index (κ1) is 21.5. The number of aromatic nitrogens is 3. The van der Waals surface area contributed by atoms with Crippen molar-refractivity contribution in [2.75, 3.05) is 10.6 Å². The van der Waals surface area contributed by atoms with Crippen LogP contribution in [-0.2, 0) is 6.54 Å². The number of nitrogens with one attached hydrogen (secondary N) is 2. The van der Waals surface area contributed by atoms with Gasteiger partial charge in [-0.1, -0.05) is 19.9 Å². The van der Waals surface area contributed by atoms with E-state index in [0.29, 0.717) is 5.69 Å². The van der Waals surface area contributed by atoms with Crippen molar-refractivity contribution in [3.8, 4) is 0 Å². The molecule has 0 bridgehead atoms. The van der Waals surface area contributed by atoms with Crippen molar-refractivity contribution in [2.45, 2.75) is 46.3 Å². The van der Waals surface area contributed by atoms with E-state index in [4.69, 9.17) is 11.5 Å². The number of nitrogens with zero attached hydrogens (tertiary/aromatic N) is 3. The number of amides is 1. The van der Waals surface area contributed by atoms with Crippen LogP contribution in [0.3, 0.4) is 0 Å². The minimum Gasteiger partial charge on any atom is -0.365 e. The van der Waals surface area contributed by atoms with E-state index in [2.05, 4.69) is 20.7 Å². The Balaban J connectivity index is 2.05. The van der Waals surface area contributed by atoms with Crippen LogP contribution in [0.2, 0.25) is 0 Å². The molecular formula is C21H28FN7O. The molecule has 1 aromatic carbocycles. The molecule has 0 radical (unpaired) electrons. The molecule has 2 atom stereocenters. The van der Waals surface area contributed by atoms with E-state index in [1.54, 1.807) is 6.20 Å². The Morgan fingerprint density at radius 3 is 2.60 bits per heavy atom. The molecule has 6 N–H and O–H groups in total. The number of halogens is 1. The molecule has 0 aliphatic rings. The van der Waals surface area contributed by atoms with E-state index in [-0.39, 0.29) is 35.2 Å². The van der Waals surface area contributed by atoms with Gasteiger partial charge in [-0.25, -0.2) is 9.37 Å². The molecule has 0 saturated carbocycles. The van der Waals surface area contributed by atoms with E-state index >= 15 is 0 Å². The van der Waals surface area contributed by atoms with Gasteiger partial charge in [0.1, 0.15) is 5.82 Å². The molecule has 9 heteroatoms. The molecule has 2 heterocycles. The molecule has 30 heavy (non-hydrogen) atoms. The largest absolute Gasteiger partial charge is 0.365 e. The second-order valence-electron chi connectivity index (χ2n) is 7.68. The fraction of sp³-hybridized carbons (Fsp3) is 0.381. The first-order chi connectivity index (χ1) is 14.2. The fourth-order valence-corrected chi connectivity index (χ4v) is 3.53. The molecule has 8 nitrogen and oxygen atoms in total. The summed E-state index contributed by atoms with van der Waals surface area (Å²) in [6.07, 6.45) is 1.73. The number of aryl methyl sites for hydroxylation is 1. The predicted molar refractivity (Wildman–Crippen MR) is 117 cm³/mol. The summed E-state index contributed by atoms with van der Waals surface area (Å²) < 4.78 is 16.6. The highest BCUT2D eigenvalue weighted by atomic mass is 19.1. The topological polar surface area (TPSA) is 124 Å². The molecule has 0 aliphatic carbocycles. The highest BCUT2D eigenvalue weighted by molar-refractivity contribution is 6.00. The number of benzene rings is 1. The van der Waals surface area contributed by atoms with Gasteiger partial charge in [0.05, 0.1) is 23.0 Å². The standard InChI is InChI=1S/C21H28FN7O/c1-5-29-17-8-6-7-16(14(17)10-25-29)26-20-13(19(24)30)9-15(22)21(28-20)27-18(11(2)3)12(4)23/h6-12,18H,5,23H2,1-4H3,(H2,24,30)(H2,26,27,28)/t12-,18+/m0/s1. The SMILES string of the molecule is CCn1ncc2c(Nc3nc(N[C@H](C(C)C)[C@H](C)N)c(F)cc3C(N)=O)cccc21. The summed E-state index contributed by atoms with van der Waals surface area (Å²) in [4.78, 5) is 16.3. The maximum atomic E-state index is 14.7. The zero-order chi connectivity index (χ0) is 22.0. The number of fused-ring (bicyclic) bond motifs is 1. The minimum atomic E-state index is -0.778. The number of hydrogen-bond acceptors (Lipinski definition) is 6. The van der Waals surface area contributed by atoms with Crippen LogP contribution in [0.25, 0.3) is 10.9 Å². The summed E-state index contributed by atoms with van der Waals surface area (Å²) in [6, 6.07) is 6.32. The normalized spacial score (nSPS) is 13.4. The first-order valence-electron chi connectivity index (χ1n) is 9.96. The van der Waals surface area contributed by atoms with Crippen LogP contribution in [0.5, 0.6) is 0 Å². The third-order valence-corrected chi connectivity index (χ3v) is 5.07. The fourth-order valence-electron chi connectivity index (χ4n) is 3.53. The van der Waals surface area contributed by atoms with Crippen LogP contribution in [0.15, 0.2) is 30.5 Å². The van der Waals surface area contributed by atoms with Crippen molar-refractivity contribution in [3.05, 3.63) is 41.8 Å². The molecule has 0 fully saturated rings. The Morgan fingerprint density at radius 2 is 2.00 bits per heavy atom. The van der Waals surface area contributed by atoms with Crippen molar-refractivity contribution in [2.24, 2.45) is 17.4 Å². The van der Waals surface area contributed by atoms with Gasteiger partial charge in [-0.15, -0.1) is 0 Å². The molecule has 160 valence electrons. The van der Waals surface area contributed by atoms with Gasteiger partial charge >= 0.3 is 0 Å². The van der Waals surface area contributed by atoms with Crippen molar-refractivity contribution >= 4 is 34.1 Å². The summed E-state index contributed by atoms with van der Waals surface area (Å²) in [5, 5.41) is 11.4. The molecule has 0 spiro atoms. The van der Waals surface area contributed by atoms with Crippen LogP contribution in [0.1, 0.15) is 38.1 Å². The van der Waals surface area contributed by atoms with Gasteiger partial charge in [0.15, 0.2) is 11.6 Å². The van der Waals surface area contributed by atoms with Gasteiger partial charge in [0.2, 0.25) is 0 Å².